The van der Waals surface area contributed by atoms with Crippen molar-refractivity contribution in [2.45, 2.75) is 40.3 Å². The first kappa shape index (κ1) is 15.5. The van der Waals surface area contributed by atoms with Gasteiger partial charge in [-0.25, -0.2) is 0 Å². The normalized spacial score (nSPS) is 20.6. The second kappa shape index (κ2) is 6.55. The molecule has 1 aromatic carbocycles. The third kappa shape index (κ3) is 3.47. The Morgan fingerprint density at radius 2 is 1.83 bits per heavy atom. The van der Waals surface area contributed by atoms with Gasteiger partial charge >= 0.3 is 0 Å². The Hall–Kier alpha value is -0.570. The summed E-state index contributed by atoms with van der Waals surface area (Å²) in [6.45, 7) is 13.5. The number of rotatable bonds is 2. The zero-order chi connectivity index (χ0) is 12.4. The van der Waals surface area contributed by atoms with Crippen LogP contribution in [0.2, 0.25) is 0 Å². The molecule has 2 rings (SSSR count). The van der Waals surface area contributed by atoms with Gasteiger partial charge in [-0.2, -0.15) is 0 Å². The quantitative estimate of drug-likeness (QED) is 0.887. The van der Waals surface area contributed by atoms with E-state index in [0.29, 0.717) is 6.04 Å². The maximum Gasteiger partial charge on any atom is 0.0242 e. The van der Waals surface area contributed by atoms with Crippen LogP contribution in [0.25, 0.3) is 0 Å². The molecule has 3 heteroatoms. The molecule has 0 amide bonds. The molecule has 0 bridgehead atoms. The number of piperazine rings is 1. The van der Waals surface area contributed by atoms with Crippen LogP contribution in [0.1, 0.15) is 29.2 Å². The van der Waals surface area contributed by atoms with Crippen molar-refractivity contribution in [2.75, 3.05) is 19.6 Å². The summed E-state index contributed by atoms with van der Waals surface area (Å²) >= 11 is 0. The van der Waals surface area contributed by atoms with Crippen LogP contribution in [0.3, 0.4) is 0 Å². The molecule has 1 saturated heterocycles. The molecule has 1 aliphatic heterocycles. The van der Waals surface area contributed by atoms with Crippen molar-refractivity contribution in [3.8, 4) is 0 Å². The number of benzene rings is 1. The lowest BCUT2D eigenvalue weighted by atomic mass is 9.98. The molecule has 1 unspecified atom stereocenters. The minimum atomic E-state index is 0. The molecule has 1 atom stereocenters. The summed E-state index contributed by atoms with van der Waals surface area (Å²) in [7, 11) is 0. The molecule has 2 nitrogen and oxygen atoms in total. The predicted molar refractivity (Wildman–Crippen MR) is 80.6 cm³/mol. The Balaban J connectivity index is 0.00000162. The van der Waals surface area contributed by atoms with Crippen LogP contribution in [0.5, 0.6) is 0 Å². The van der Waals surface area contributed by atoms with Crippen molar-refractivity contribution < 1.29 is 0 Å². The molecule has 18 heavy (non-hydrogen) atoms. The van der Waals surface area contributed by atoms with Gasteiger partial charge < -0.3 is 5.32 Å². The van der Waals surface area contributed by atoms with Crippen molar-refractivity contribution in [2.24, 2.45) is 0 Å². The van der Waals surface area contributed by atoms with E-state index < -0.39 is 0 Å². The lowest BCUT2D eigenvalue weighted by Crippen LogP contribution is -2.49. The summed E-state index contributed by atoms with van der Waals surface area (Å²) < 4.78 is 0. The molecule has 0 aromatic heterocycles. The van der Waals surface area contributed by atoms with Crippen LogP contribution in [0.15, 0.2) is 12.1 Å². The third-order valence-electron chi connectivity index (χ3n) is 3.84. The number of nitrogens with one attached hydrogen (secondary N) is 1. The van der Waals surface area contributed by atoms with Gasteiger partial charge in [-0.15, -0.1) is 12.4 Å². The SMILES string of the molecule is Cc1cc(C)c(CN2CCNCC2C)c(C)c1.Cl. The Morgan fingerprint density at radius 1 is 1.22 bits per heavy atom. The van der Waals surface area contributed by atoms with E-state index in [2.05, 4.69) is 50.0 Å². The van der Waals surface area contributed by atoms with Gasteiger partial charge in [0, 0.05) is 32.2 Å². The molecule has 1 fully saturated rings. The highest BCUT2D eigenvalue weighted by Gasteiger charge is 2.19. The van der Waals surface area contributed by atoms with Crippen molar-refractivity contribution >= 4 is 12.4 Å². The zero-order valence-corrected chi connectivity index (χ0v) is 12.7. The third-order valence-corrected chi connectivity index (χ3v) is 3.84. The van der Waals surface area contributed by atoms with E-state index in [1.807, 2.05) is 0 Å². The summed E-state index contributed by atoms with van der Waals surface area (Å²) in [4.78, 5) is 2.58. The van der Waals surface area contributed by atoms with Gasteiger partial charge in [0.05, 0.1) is 0 Å². The fraction of sp³-hybridized carbons (Fsp3) is 0.600. The molecule has 102 valence electrons. The molecular formula is C15H25ClN2. The number of hydrogen-bond donors (Lipinski definition) is 1. The predicted octanol–water partition coefficient (Wildman–Crippen LogP) is 2.83. The molecular weight excluding hydrogens is 244 g/mol. The van der Waals surface area contributed by atoms with E-state index in [0.717, 1.165) is 26.2 Å². The first-order chi connectivity index (χ1) is 8.08. The topological polar surface area (TPSA) is 15.3 Å². The minimum Gasteiger partial charge on any atom is -0.314 e. The van der Waals surface area contributed by atoms with Gasteiger partial charge in [-0.3, -0.25) is 4.90 Å². The number of halogens is 1. The molecule has 0 spiro atoms. The summed E-state index contributed by atoms with van der Waals surface area (Å²) in [5.74, 6) is 0. The fourth-order valence-electron chi connectivity index (χ4n) is 2.78. The molecule has 0 aliphatic carbocycles. The van der Waals surface area contributed by atoms with E-state index in [4.69, 9.17) is 0 Å². The van der Waals surface area contributed by atoms with E-state index in [-0.39, 0.29) is 12.4 Å². The van der Waals surface area contributed by atoms with Crippen molar-refractivity contribution in [3.05, 3.63) is 34.4 Å². The highest BCUT2D eigenvalue weighted by Crippen LogP contribution is 2.19. The van der Waals surface area contributed by atoms with E-state index in [9.17, 15) is 0 Å². The van der Waals surface area contributed by atoms with Crippen molar-refractivity contribution in [1.82, 2.24) is 10.2 Å². The summed E-state index contributed by atoms with van der Waals surface area (Å²) in [5, 5.41) is 3.45. The van der Waals surface area contributed by atoms with Gasteiger partial charge in [-0.1, -0.05) is 17.7 Å². The largest absolute Gasteiger partial charge is 0.314 e. The summed E-state index contributed by atoms with van der Waals surface area (Å²) in [5.41, 5.74) is 5.77. The van der Waals surface area contributed by atoms with Crippen LogP contribution in [-0.4, -0.2) is 30.6 Å². The van der Waals surface area contributed by atoms with Crippen molar-refractivity contribution in [1.29, 1.82) is 0 Å². The van der Waals surface area contributed by atoms with Gasteiger partial charge in [0.1, 0.15) is 0 Å². The molecule has 1 aliphatic rings. The smallest absolute Gasteiger partial charge is 0.0242 e. The Kier molecular flexibility index (Phi) is 5.64. The van der Waals surface area contributed by atoms with Crippen LogP contribution >= 0.6 is 12.4 Å². The second-order valence-corrected chi connectivity index (χ2v) is 5.40. The standard InChI is InChI=1S/C15H24N2.ClH/c1-11-7-12(2)15(13(3)8-11)10-17-6-5-16-9-14(17)4;/h7-8,14,16H,5-6,9-10H2,1-4H3;1H. The van der Waals surface area contributed by atoms with Gasteiger partial charge in [-0.05, 0) is 44.4 Å². The van der Waals surface area contributed by atoms with Gasteiger partial charge in [0.25, 0.3) is 0 Å². The molecule has 0 saturated carbocycles. The maximum absolute atomic E-state index is 3.45. The first-order valence-corrected chi connectivity index (χ1v) is 6.59. The Labute approximate surface area is 117 Å². The maximum atomic E-state index is 3.45. The van der Waals surface area contributed by atoms with Gasteiger partial charge in [0.2, 0.25) is 0 Å². The average molecular weight is 269 g/mol. The van der Waals surface area contributed by atoms with Gasteiger partial charge in [0.15, 0.2) is 0 Å². The fourth-order valence-corrected chi connectivity index (χ4v) is 2.78. The zero-order valence-electron chi connectivity index (χ0n) is 11.9. The average Bonchev–Trinajstić information content (AvgIpc) is 2.25. The molecule has 1 aromatic rings. The van der Waals surface area contributed by atoms with Crippen LogP contribution in [-0.2, 0) is 6.54 Å². The van der Waals surface area contributed by atoms with Crippen LogP contribution in [0.4, 0.5) is 0 Å². The molecule has 0 radical (unpaired) electrons. The highest BCUT2D eigenvalue weighted by atomic mass is 35.5. The Morgan fingerprint density at radius 3 is 2.39 bits per heavy atom. The first-order valence-electron chi connectivity index (χ1n) is 6.59. The molecule has 1 heterocycles. The van der Waals surface area contributed by atoms with E-state index >= 15 is 0 Å². The Bertz CT molecular complexity index is 380. The minimum absolute atomic E-state index is 0. The number of hydrogen-bond acceptors (Lipinski definition) is 2. The van der Waals surface area contributed by atoms with Crippen LogP contribution < -0.4 is 5.32 Å². The lowest BCUT2D eigenvalue weighted by molar-refractivity contribution is 0.165. The van der Waals surface area contributed by atoms with E-state index in [1.165, 1.54) is 22.3 Å². The highest BCUT2D eigenvalue weighted by molar-refractivity contribution is 5.85. The van der Waals surface area contributed by atoms with Crippen molar-refractivity contribution in [3.63, 3.8) is 0 Å². The monoisotopic (exact) mass is 268 g/mol. The number of aryl methyl sites for hydroxylation is 3. The van der Waals surface area contributed by atoms with E-state index in [1.54, 1.807) is 0 Å². The lowest BCUT2D eigenvalue weighted by Gasteiger charge is -2.34. The summed E-state index contributed by atoms with van der Waals surface area (Å²) in [6, 6.07) is 5.24. The second-order valence-electron chi connectivity index (χ2n) is 5.40. The number of nitrogens with zero attached hydrogens (tertiary/aromatic N) is 1. The summed E-state index contributed by atoms with van der Waals surface area (Å²) in [6.07, 6.45) is 0. The molecule has 1 N–H and O–H groups in total. The van der Waals surface area contributed by atoms with Crippen LogP contribution in [0, 0.1) is 20.8 Å².